The first-order valence-electron chi connectivity index (χ1n) is 11.3. The largest absolute Gasteiger partial charge is 0.490 e. The van der Waals surface area contributed by atoms with Gasteiger partial charge in [-0.05, 0) is 82.0 Å². The van der Waals surface area contributed by atoms with Crippen molar-refractivity contribution in [3.63, 3.8) is 0 Å². The number of hydrogen-bond acceptors (Lipinski definition) is 5. The van der Waals surface area contributed by atoms with Crippen molar-refractivity contribution in [1.29, 1.82) is 0 Å². The minimum Gasteiger partial charge on any atom is -0.490 e. The van der Waals surface area contributed by atoms with Crippen molar-refractivity contribution in [3.05, 3.63) is 53.1 Å². The second-order valence-electron chi connectivity index (χ2n) is 8.15. The first-order chi connectivity index (χ1) is 15.5. The Bertz CT molecular complexity index is 1030. The average molecular weight is 477 g/mol. The number of hydrogen-bond donors (Lipinski definition) is 1. The number of carbonyl (C=O) groups excluding carboxylic acids is 1. The van der Waals surface area contributed by atoms with Crippen molar-refractivity contribution in [2.45, 2.75) is 53.5 Å². The number of sulfonamides is 1. The van der Waals surface area contributed by atoms with Crippen LogP contribution in [0.4, 0.5) is 5.69 Å². The number of nitrogens with one attached hydrogen (secondary N) is 1. The number of anilines is 1. The van der Waals surface area contributed by atoms with Crippen LogP contribution >= 0.6 is 0 Å². The quantitative estimate of drug-likeness (QED) is 0.487. The predicted molar refractivity (Wildman–Crippen MR) is 133 cm³/mol. The van der Waals surface area contributed by atoms with Gasteiger partial charge >= 0.3 is 0 Å². The van der Waals surface area contributed by atoms with Gasteiger partial charge in [0.25, 0.3) is 0 Å². The van der Waals surface area contributed by atoms with E-state index in [0.717, 1.165) is 16.7 Å². The molecule has 1 N–H and O–H groups in total. The summed E-state index contributed by atoms with van der Waals surface area (Å²) in [6, 6.07) is 11.1. The van der Waals surface area contributed by atoms with E-state index < -0.39 is 10.0 Å². The van der Waals surface area contributed by atoms with Crippen LogP contribution in [0.5, 0.6) is 11.5 Å². The molecule has 0 aromatic heterocycles. The molecule has 182 valence electrons. The SMILES string of the molecule is CCOc1ccc(C(C)NC(=O)CCCN(c2cc(C)cc(C)c2)S(C)(=O)=O)cc1OCC. The molecule has 0 aliphatic heterocycles. The fourth-order valence-corrected chi connectivity index (χ4v) is 4.65. The van der Waals surface area contributed by atoms with E-state index in [4.69, 9.17) is 9.47 Å². The molecule has 0 fully saturated rings. The molecule has 0 saturated carbocycles. The fourth-order valence-electron chi connectivity index (χ4n) is 3.70. The number of amides is 1. The lowest BCUT2D eigenvalue weighted by Crippen LogP contribution is -2.32. The highest BCUT2D eigenvalue weighted by Crippen LogP contribution is 2.30. The molecular formula is C25H36N2O5S. The third kappa shape index (κ3) is 7.96. The van der Waals surface area contributed by atoms with Crippen LogP contribution in [0.3, 0.4) is 0 Å². The van der Waals surface area contributed by atoms with Crippen molar-refractivity contribution in [2.24, 2.45) is 0 Å². The van der Waals surface area contributed by atoms with Gasteiger partial charge in [0.1, 0.15) is 0 Å². The standard InChI is InChI=1S/C25H36N2O5S/c1-7-31-23-12-11-21(17-24(23)32-8-2)20(5)26-25(28)10-9-13-27(33(6,29)30)22-15-18(3)14-19(4)16-22/h11-12,14-17,20H,7-10,13H2,1-6H3,(H,26,28). The van der Waals surface area contributed by atoms with Crippen molar-refractivity contribution in [3.8, 4) is 11.5 Å². The van der Waals surface area contributed by atoms with Gasteiger partial charge in [-0.25, -0.2) is 8.42 Å². The van der Waals surface area contributed by atoms with Crippen molar-refractivity contribution >= 4 is 21.6 Å². The maximum atomic E-state index is 12.5. The Labute approximate surface area is 198 Å². The number of ether oxygens (including phenoxy) is 2. The maximum Gasteiger partial charge on any atom is 0.232 e. The predicted octanol–water partition coefficient (Wildman–Crippen LogP) is 4.52. The number of nitrogens with zero attached hydrogens (tertiary/aromatic N) is 1. The van der Waals surface area contributed by atoms with Crippen molar-refractivity contribution in [1.82, 2.24) is 5.32 Å². The zero-order chi connectivity index (χ0) is 24.6. The molecule has 7 nitrogen and oxygen atoms in total. The lowest BCUT2D eigenvalue weighted by Gasteiger charge is -2.23. The summed E-state index contributed by atoms with van der Waals surface area (Å²) >= 11 is 0. The van der Waals surface area contributed by atoms with Gasteiger partial charge in [0.2, 0.25) is 15.9 Å². The monoisotopic (exact) mass is 476 g/mol. The molecule has 0 bridgehead atoms. The highest BCUT2D eigenvalue weighted by Gasteiger charge is 2.19. The van der Waals surface area contributed by atoms with Gasteiger partial charge in [-0.3, -0.25) is 9.10 Å². The molecule has 33 heavy (non-hydrogen) atoms. The second-order valence-corrected chi connectivity index (χ2v) is 10.1. The average Bonchev–Trinajstić information content (AvgIpc) is 2.71. The van der Waals surface area contributed by atoms with Crippen LogP contribution < -0.4 is 19.1 Å². The Morgan fingerprint density at radius 3 is 2.18 bits per heavy atom. The van der Waals surface area contributed by atoms with Crippen LogP contribution in [0.25, 0.3) is 0 Å². The summed E-state index contributed by atoms with van der Waals surface area (Å²) in [7, 11) is -3.46. The summed E-state index contributed by atoms with van der Waals surface area (Å²) in [6.45, 7) is 10.9. The minimum absolute atomic E-state index is 0.136. The molecule has 0 aliphatic carbocycles. The third-order valence-corrected chi connectivity index (χ3v) is 6.30. The Morgan fingerprint density at radius 2 is 1.61 bits per heavy atom. The van der Waals surface area contributed by atoms with E-state index in [2.05, 4.69) is 5.32 Å². The normalized spacial score (nSPS) is 12.2. The van der Waals surface area contributed by atoms with Crippen LogP contribution in [0.15, 0.2) is 36.4 Å². The summed E-state index contributed by atoms with van der Waals surface area (Å²) in [6.07, 6.45) is 1.82. The van der Waals surface area contributed by atoms with Gasteiger partial charge in [0.15, 0.2) is 11.5 Å². The first-order valence-corrected chi connectivity index (χ1v) is 13.1. The van der Waals surface area contributed by atoms with E-state index >= 15 is 0 Å². The highest BCUT2D eigenvalue weighted by molar-refractivity contribution is 7.92. The molecule has 0 spiro atoms. The molecule has 0 radical (unpaired) electrons. The third-order valence-electron chi connectivity index (χ3n) is 5.10. The number of benzene rings is 2. The second kappa shape index (κ2) is 11.9. The molecular weight excluding hydrogens is 440 g/mol. The molecule has 2 aromatic rings. The maximum absolute atomic E-state index is 12.5. The first kappa shape index (κ1) is 26.5. The number of carbonyl (C=O) groups is 1. The molecule has 0 aliphatic rings. The molecule has 1 atom stereocenters. The summed E-state index contributed by atoms with van der Waals surface area (Å²) in [4.78, 5) is 12.5. The van der Waals surface area contributed by atoms with E-state index in [1.165, 1.54) is 10.6 Å². The topological polar surface area (TPSA) is 84.9 Å². The summed E-state index contributed by atoms with van der Waals surface area (Å²) in [5, 5.41) is 2.98. The van der Waals surface area contributed by atoms with Gasteiger partial charge in [0.05, 0.1) is 31.2 Å². The Kier molecular flexibility index (Phi) is 9.58. The van der Waals surface area contributed by atoms with E-state index in [-0.39, 0.29) is 24.9 Å². The summed E-state index contributed by atoms with van der Waals surface area (Å²) in [5.41, 5.74) is 3.52. The zero-order valence-electron chi connectivity index (χ0n) is 20.5. The summed E-state index contributed by atoms with van der Waals surface area (Å²) in [5.74, 6) is 1.19. The smallest absolute Gasteiger partial charge is 0.232 e. The zero-order valence-corrected chi connectivity index (χ0v) is 21.3. The lowest BCUT2D eigenvalue weighted by atomic mass is 10.1. The van der Waals surface area contributed by atoms with Gasteiger partial charge in [-0.15, -0.1) is 0 Å². The van der Waals surface area contributed by atoms with Crippen LogP contribution in [0.2, 0.25) is 0 Å². The molecule has 2 aromatic carbocycles. The van der Waals surface area contributed by atoms with Gasteiger partial charge < -0.3 is 14.8 Å². The van der Waals surface area contributed by atoms with E-state index in [0.29, 0.717) is 36.8 Å². The van der Waals surface area contributed by atoms with Crippen LogP contribution in [0, 0.1) is 13.8 Å². The van der Waals surface area contributed by atoms with Crippen LogP contribution in [-0.4, -0.2) is 40.3 Å². The summed E-state index contributed by atoms with van der Waals surface area (Å²) < 4.78 is 37.3. The van der Waals surface area contributed by atoms with Crippen molar-refractivity contribution < 1.29 is 22.7 Å². The van der Waals surface area contributed by atoms with Crippen molar-refractivity contribution in [2.75, 3.05) is 30.3 Å². The molecule has 1 amide bonds. The van der Waals surface area contributed by atoms with Gasteiger partial charge in [-0.2, -0.15) is 0 Å². The van der Waals surface area contributed by atoms with E-state index in [1.807, 2.05) is 71.0 Å². The molecule has 8 heteroatoms. The number of aryl methyl sites for hydroxylation is 2. The molecule has 0 heterocycles. The Hall–Kier alpha value is -2.74. The van der Waals surface area contributed by atoms with E-state index in [9.17, 15) is 13.2 Å². The highest BCUT2D eigenvalue weighted by atomic mass is 32.2. The Morgan fingerprint density at radius 1 is 1.00 bits per heavy atom. The van der Waals surface area contributed by atoms with Gasteiger partial charge in [0, 0.05) is 13.0 Å². The van der Waals surface area contributed by atoms with Crippen LogP contribution in [-0.2, 0) is 14.8 Å². The molecule has 2 rings (SSSR count). The minimum atomic E-state index is -3.46. The molecule has 1 unspecified atom stereocenters. The number of rotatable bonds is 12. The van der Waals surface area contributed by atoms with Gasteiger partial charge in [-0.1, -0.05) is 12.1 Å². The fraction of sp³-hybridized carbons (Fsp3) is 0.480. The Balaban J connectivity index is 2.00. The lowest BCUT2D eigenvalue weighted by molar-refractivity contribution is -0.121. The molecule has 0 saturated heterocycles. The van der Waals surface area contributed by atoms with Crippen LogP contribution in [0.1, 0.15) is 56.3 Å². The van der Waals surface area contributed by atoms with E-state index in [1.54, 1.807) is 0 Å².